The Morgan fingerprint density at radius 1 is 1.06 bits per heavy atom. The van der Waals surface area contributed by atoms with Crippen LogP contribution in [0.4, 0.5) is 28.2 Å². The van der Waals surface area contributed by atoms with Crippen molar-refractivity contribution < 1.29 is 46.9 Å². The molecule has 258 valence electrons. The Bertz CT molecular complexity index is 1670. The van der Waals surface area contributed by atoms with Crippen LogP contribution in [0.1, 0.15) is 45.9 Å². The number of halogens is 4. The van der Waals surface area contributed by atoms with Gasteiger partial charge in [-0.3, -0.25) is 4.79 Å². The van der Waals surface area contributed by atoms with E-state index in [1.165, 1.54) is 35.0 Å². The SMILES string of the molecule is COc1c(C2C(C(=O)O)N(C(=O)N3CCC(O)C3)CCC2C(F)(F)F)nn(C(=O)c2ccccc2F)c1N(C)Cc1ccc(CN)cc1. The summed E-state index contributed by atoms with van der Waals surface area (Å²) in [6, 6.07) is 9.16. The number of β-amino-alcohol motifs (C(OH)–C–C–N with tert-alkyl or cyclic N) is 1. The van der Waals surface area contributed by atoms with Gasteiger partial charge >= 0.3 is 18.2 Å². The molecule has 16 heteroatoms. The van der Waals surface area contributed by atoms with Gasteiger partial charge in [-0.2, -0.15) is 23.0 Å². The number of carboxylic acid groups (broad SMARTS) is 1. The molecule has 0 radical (unpaired) electrons. The molecule has 2 aliphatic rings. The summed E-state index contributed by atoms with van der Waals surface area (Å²) in [4.78, 5) is 43.8. The number of urea groups is 1. The lowest BCUT2D eigenvalue weighted by Crippen LogP contribution is -2.59. The van der Waals surface area contributed by atoms with Crippen LogP contribution in [0.2, 0.25) is 0 Å². The Balaban J connectivity index is 1.69. The standard InChI is InChI=1S/C32H36F4N6O6/c1-39(16-19-9-7-18(15-37)8-10-19)28-27(48-2)25(38-42(28)29(44)21-5-3-4-6-23(21)33)24-22(32(34,35)36)12-14-41(26(24)30(45)46)31(47)40-13-11-20(43)17-40/h3-10,20,22,24,26,43H,11-17,37H2,1-2H3,(H,45,46). The summed E-state index contributed by atoms with van der Waals surface area (Å²) in [5.41, 5.74) is 6.29. The summed E-state index contributed by atoms with van der Waals surface area (Å²) in [7, 11) is 2.66. The second-order valence-corrected chi connectivity index (χ2v) is 11.9. The molecule has 2 saturated heterocycles. The number of methoxy groups -OCH3 is 1. The fraction of sp³-hybridized carbons (Fsp3) is 0.438. The molecule has 5 rings (SSSR count). The predicted octanol–water partition coefficient (Wildman–Crippen LogP) is 3.42. The molecule has 2 fully saturated rings. The molecule has 0 spiro atoms. The first-order valence-electron chi connectivity index (χ1n) is 15.2. The molecule has 2 aromatic carbocycles. The van der Waals surface area contributed by atoms with Crippen LogP contribution in [-0.2, 0) is 17.9 Å². The number of anilines is 1. The lowest BCUT2D eigenvalue weighted by Gasteiger charge is -2.44. The first kappa shape index (κ1) is 34.6. The molecule has 0 saturated carbocycles. The summed E-state index contributed by atoms with van der Waals surface area (Å²) in [6.07, 6.45) is -6.24. The fourth-order valence-electron chi connectivity index (χ4n) is 6.50. The molecule has 1 aromatic heterocycles. The Labute approximate surface area is 273 Å². The van der Waals surface area contributed by atoms with E-state index in [1.54, 1.807) is 24.3 Å². The first-order valence-corrected chi connectivity index (χ1v) is 15.2. The molecule has 4 N–H and O–H groups in total. The van der Waals surface area contributed by atoms with E-state index in [1.807, 2.05) is 0 Å². The van der Waals surface area contributed by atoms with Gasteiger partial charge in [0.25, 0.3) is 5.91 Å². The highest BCUT2D eigenvalue weighted by Gasteiger charge is 2.57. The predicted molar refractivity (Wildman–Crippen MR) is 164 cm³/mol. The van der Waals surface area contributed by atoms with E-state index in [2.05, 4.69) is 5.10 Å². The molecule has 4 unspecified atom stereocenters. The minimum atomic E-state index is -4.95. The number of aliphatic hydroxyl groups is 1. The molecular formula is C32H36F4N6O6. The monoisotopic (exact) mass is 676 g/mol. The van der Waals surface area contributed by atoms with Crippen molar-refractivity contribution in [3.05, 3.63) is 76.7 Å². The Morgan fingerprint density at radius 3 is 2.29 bits per heavy atom. The Kier molecular flexibility index (Phi) is 9.96. The number of aliphatic hydroxyl groups excluding tert-OH is 1. The highest BCUT2D eigenvalue weighted by Crippen LogP contribution is 2.50. The number of carbonyl (C=O) groups is 3. The minimum Gasteiger partial charge on any atom is -0.491 e. The zero-order valence-electron chi connectivity index (χ0n) is 26.2. The van der Waals surface area contributed by atoms with Crippen molar-refractivity contribution >= 4 is 23.7 Å². The number of carboxylic acids is 1. The van der Waals surface area contributed by atoms with Gasteiger partial charge in [-0.25, -0.2) is 14.0 Å². The topological polar surface area (TPSA) is 154 Å². The number of nitrogens with zero attached hydrogens (tertiary/aromatic N) is 5. The molecule has 4 atom stereocenters. The van der Waals surface area contributed by atoms with Crippen LogP contribution < -0.4 is 15.4 Å². The second kappa shape index (κ2) is 13.8. The average molecular weight is 677 g/mol. The second-order valence-electron chi connectivity index (χ2n) is 11.9. The van der Waals surface area contributed by atoms with E-state index < -0.39 is 78.1 Å². The van der Waals surface area contributed by atoms with Gasteiger partial charge in [0.1, 0.15) is 17.6 Å². The Morgan fingerprint density at radius 2 is 1.73 bits per heavy atom. The molecule has 3 heterocycles. The summed E-state index contributed by atoms with van der Waals surface area (Å²) >= 11 is 0. The van der Waals surface area contributed by atoms with Gasteiger partial charge in [0.2, 0.25) is 0 Å². The molecule has 48 heavy (non-hydrogen) atoms. The number of carbonyl (C=O) groups excluding carboxylic acids is 2. The molecule has 2 amide bonds. The number of nitrogens with two attached hydrogens (primary N) is 1. The van der Waals surface area contributed by atoms with Crippen molar-refractivity contribution in [2.45, 2.75) is 50.2 Å². The molecule has 3 aromatic rings. The summed E-state index contributed by atoms with van der Waals surface area (Å²) in [6.45, 7) is -0.181. The third kappa shape index (κ3) is 6.67. The number of alkyl halides is 3. The van der Waals surface area contributed by atoms with E-state index in [0.717, 1.165) is 23.6 Å². The van der Waals surface area contributed by atoms with Gasteiger partial charge in [-0.05, 0) is 36.1 Å². The summed E-state index contributed by atoms with van der Waals surface area (Å²) < 4.78 is 65.6. The third-order valence-corrected chi connectivity index (χ3v) is 8.84. The highest BCUT2D eigenvalue weighted by molar-refractivity contribution is 5.98. The van der Waals surface area contributed by atoms with Gasteiger partial charge in [0, 0.05) is 45.7 Å². The summed E-state index contributed by atoms with van der Waals surface area (Å²) in [5.74, 6) is -8.51. The highest BCUT2D eigenvalue weighted by atomic mass is 19.4. The van der Waals surface area contributed by atoms with Gasteiger partial charge < -0.3 is 35.4 Å². The quantitative estimate of drug-likeness (QED) is 0.305. The van der Waals surface area contributed by atoms with E-state index in [-0.39, 0.29) is 37.6 Å². The molecule has 12 nitrogen and oxygen atoms in total. The number of rotatable bonds is 8. The van der Waals surface area contributed by atoms with E-state index in [4.69, 9.17) is 10.5 Å². The average Bonchev–Trinajstić information content (AvgIpc) is 3.67. The number of aliphatic carboxylic acids is 1. The lowest BCUT2D eigenvalue weighted by molar-refractivity contribution is -0.197. The van der Waals surface area contributed by atoms with Crippen molar-refractivity contribution in [2.75, 3.05) is 38.7 Å². The van der Waals surface area contributed by atoms with Crippen LogP contribution in [0.25, 0.3) is 0 Å². The molecule has 0 bridgehead atoms. The third-order valence-electron chi connectivity index (χ3n) is 8.84. The van der Waals surface area contributed by atoms with Crippen molar-refractivity contribution in [3.8, 4) is 5.75 Å². The van der Waals surface area contributed by atoms with Crippen LogP contribution in [-0.4, -0.2) is 99.8 Å². The van der Waals surface area contributed by atoms with Crippen molar-refractivity contribution in [1.82, 2.24) is 19.6 Å². The maximum Gasteiger partial charge on any atom is 0.392 e. The van der Waals surface area contributed by atoms with E-state index in [0.29, 0.717) is 16.8 Å². The van der Waals surface area contributed by atoms with Crippen LogP contribution in [0.15, 0.2) is 48.5 Å². The maximum atomic E-state index is 14.9. The van der Waals surface area contributed by atoms with E-state index in [9.17, 15) is 42.2 Å². The van der Waals surface area contributed by atoms with Crippen molar-refractivity contribution in [2.24, 2.45) is 11.7 Å². The molecular weight excluding hydrogens is 640 g/mol. The number of ether oxygens (including phenoxy) is 1. The van der Waals surface area contributed by atoms with Crippen LogP contribution >= 0.6 is 0 Å². The number of aromatic nitrogens is 2. The normalized spacial score (nSPS) is 21.3. The largest absolute Gasteiger partial charge is 0.491 e. The first-order chi connectivity index (χ1) is 22.8. The number of likely N-dealkylation sites (tertiary alicyclic amines) is 2. The van der Waals surface area contributed by atoms with Crippen molar-refractivity contribution in [1.29, 1.82) is 0 Å². The lowest BCUT2D eigenvalue weighted by atomic mass is 9.76. The summed E-state index contributed by atoms with van der Waals surface area (Å²) in [5, 5.41) is 24.7. The van der Waals surface area contributed by atoms with Gasteiger partial charge in [0.05, 0.1) is 24.7 Å². The van der Waals surface area contributed by atoms with Gasteiger partial charge in [-0.1, -0.05) is 36.4 Å². The number of hydrogen-bond donors (Lipinski definition) is 3. The fourth-order valence-corrected chi connectivity index (χ4v) is 6.50. The number of amides is 2. The zero-order chi connectivity index (χ0) is 34.9. The van der Waals surface area contributed by atoms with Crippen LogP contribution in [0.3, 0.4) is 0 Å². The zero-order valence-corrected chi connectivity index (χ0v) is 26.2. The maximum absolute atomic E-state index is 14.9. The smallest absolute Gasteiger partial charge is 0.392 e. The number of benzene rings is 2. The molecule has 0 aliphatic carbocycles. The number of piperidine rings is 1. The van der Waals surface area contributed by atoms with Gasteiger partial charge in [-0.15, -0.1) is 0 Å². The molecule has 2 aliphatic heterocycles. The van der Waals surface area contributed by atoms with Crippen molar-refractivity contribution in [3.63, 3.8) is 0 Å². The van der Waals surface area contributed by atoms with Crippen LogP contribution in [0.5, 0.6) is 5.75 Å². The minimum absolute atomic E-state index is 0.0779. The number of hydrogen-bond acceptors (Lipinski definition) is 8. The van der Waals surface area contributed by atoms with Gasteiger partial charge in [0.15, 0.2) is 11.6 Å². The Hall–Kier alpha value is -4.70. The van der Waals surface area contributed by atoms with E-state index >= 15 is 0 Å². The van der Waals surface area contributed by atoms with Crippen LogP contribution in [0, 0.1) is 11.7 Å².